The molecule has 0 radical (unpaired) electrons. The van der Waals surface area contributed by atoms with Crippen molar-refractivity contribution in [2.75, 3.05) is 11.9 Å². The van der Waals surface area contributed by atoms with Gasteiger partial charge in [0.2, 0.25) is 5.91 Å². The van der Waals surface area contributed by atoms with Gasteiger partial charge >= 0.3 is 0 Å². The molecule has 1 saturated heterocycles. The summed E-state index contributed by atoms with van der Waals surface area (Å²) in [6, 6.07) is 9.25. The number of ether oxygens (including phenoxy) is 2. The molecule has 3 aliphatic rings. The number of aliphatic hydroxyl groups is 1. The summed E-state index contributed by atoms with van der Waals surface area (Å²) in [6.45, 7) is -0.180. The predicted molar refractivity (Wildman–Crippen MR) is 121 cm³/mol. The van der Waals surface area contributed by atoms with E-state index < -0.39 is 6.10 Å². The monoisotopic (exact) mass is 451 g/mol. The number of carbonyl (C=O) groups is 2. The number of anilines is 1. The summed E-state index contributed by atoms with van der Waals surface area (Å²) >= 11 is 0. The number of nitrogens with one attached hydrogen (secondary N) is 2. The van der Waals surface area contributed by atoms with E-state index in [0.29, 0.717) is 17.7 Å². The van der Waals surface area contributed by atoms with Gasteiger partial charge in [-0.2, -0.15) is 0 Å². The molecule has 0 bridgehead atoms. The molecule has 33 heavy (non-hydrogen) atoms. The SMILES string of the molecule is O=C(C[C@@H]1C[C@@H]2c3cc(NC(=O)c4cccnc4)ccc3O[C@@H]2[C@H](CO)O1)NC1CCCC1. The summed E-state index contributed by atoms with van der Waals surface area (Å²) in [5, 5.41) is 16.0. The standard InChI is InChI=1S/C25H29N3O5/c29-14-22-24-20(11-18(32-22)12-23(30)27-16-5-1-2-6-16)19-10-17(7-8-21(19)33-24)28-25(31)15-4-3-9-26-13-15/h3-4,7-10,13,16,18,20,22,24,29H,1-2,5-6,11-12,14H2,(H,27,30)(H,28,31)/t18-,20+,22-,24-/m0/s1. The van der Waals surface area contributed by atoms with Gasteiger partial charge in [-0.05, 0) is 49.6 Å². The van der Waals surface area contributed by atoms with Gasteiger partial charge in [0.15, 0.2) is 0 Å². The maximum Gasteiger partial charge on any atom is 0.257 e. The van der Waals surface area contributed by atoms with E-state index in [1.54, 1.807) is 24.4 Å². The van der Waals surface area contributed by atoms with Crippen LogP contribution in [0.2, 0.25) is 0 Å². The van der Waals surface area contributed by atoms with Crippen LogP contribution in [0.3, 0.4) is 0 Å². The van der Waals surface area contributed by atoms with Gasteiger partial charge in [0.25, 0.3) is 5.91 Å². The predicted octanol–water partition coefficient (Wildman–Crippen LogP) is 2.78. The lowest BCUT2D eigenvalue weighted by atomic mass is 9.84. The quantitative estimate of drug-likeness (QED) is 0.623. The zero-order chi connectivity index (χ0) is 22.8. The van der Waals surface area contributed by atoms with Crippen LogP contribution in [-0.2, 0) is 9.53 Å². The van der Waals surface area contributed by atoms with Crippen LogP contribution < -0.4 is 15.4 Å². The van der Waals surface area contributed by atoms with Gasteiger partial charge in [0, 0.05) is 35.6 Å². The first-order valence-electron chi connectivity index (χ1n) is 11.7. The topological polar surface area (TPSA) is 110 Å². The molecular weight excluding hydrogens is 422 g/mol. The van der Waals surface area contributed by atoms with Crippen molar-refractivity contribution in [2.24, 2.45) is 0 Å². The van der Waals surface area contributed by atoms with Crippen molar-refractivity contribution < 1.29 is 24.2 Å². The fourth-order valence-electron chi connectivity index (χ4n) is 5.23. The van der Waals surface area contributed by atoms with Crippen molar-refractivity contribution >= 4 is 17.5 Å². The van der Waals surface area contributed by atoms with Crippen molar-refractivity contribution in [3.05, 3.63) is 53.9 Å². The third-order valence-electron chi connectivity index (χ3n) is 6.81. The molecule has 0 unspecified atom stereocenters. The molecule has 1 aliphatic carbocycles. The Hall–Kier alpha value is -2.97. The number of fused-ring (bicyclic) bond motifs is 3. The molecule has 174 valence electrons. The van der Waals surface area contributed by atoms with Crippen LogP contribution in [0.1, 0.15) is 60.4 Å². The van der Waals surface area contributed by atoms with Crippen LogP contribution in [0.15, 0.2) is 42.7 Å². The molecule has 0 spiro atoms. The van der Waals surface area contributed by atoms with Gasteiger partial charge in [-0.15, -0.1) is 0 Å². The first-order valence-corrected chi connectivity index (χ1v) is 11.7. The molecule has 1 aromatic carbocycles. The van der Waals surface area contributed by atoms with E-state index in [0.717, 1.165) is 37.0 Å². The highest BCUT2D eigenvalue weighted by atomic mass is 16.6. The highest BCUT2D eigenvalue weighted by Gasteiger charge is 2.46. The number of hydrogen-bond acceptors (Lipinski definition) is 6. The lowest BCUT2D eigenvalue weighted by molar-refractivity contribution is -0.142. The van der Waals surface area contributed by atoms with Crippen molar-refractivity contribution in [3.63, 3.8) is 0 Å². The van der Waals surface area contributed by atoms with E-state index in [4.69, 9.17) is 9.47 Å². The lowest BCUT2D eigenvalue weighted by Gasteiger charge is -2.37. The molecule has 2 amide bonds. The minimum absolute atomic E-state index is 0.00124. The second-order valence-electron chi connectivity index (χ2n) is 9.11. The molecule has 3 heterocycles. The van der Waals surface area contributed by atoms with E-state index in [1.807, 2.05) is 12.1 Å². The Kier molecular flexibility index (Phi) is 6.28. The number of benzene rings is 1. The molecule has 1 aromatic heterocycles. The summed E-state index contributed by atoms with van der Waals surface area (Å²) in [7, 11) is 0. The van der Waals surface area contributed by atoms with E-state index in [2.05, 4.69) is 15.6 Å². The second kappa shape index (κ2) is 9.49. The van der Waals surface area contributed by atoms with Crippen LogP contribution in [0, 0.1) is 0 Å². The Bertz CT molecular complexity index is 1010. The van der Waals surface area contributed by atoms with E-state index >= 15 is 0 Å². The summed E-state index contributed by atoms with van der Waals surface area (Å²) in [5.74, 6) is 0.465. The number of aromatic nitrogens is 1. The smallest absolute Gasteiger partial charge is 0.257 e. The summed E-state index contributed by atoms with van der Waals surface area (Å²) in [4.78, 5) is 29.1. The van der Waals surface area contributed by atoms with Gasteiger partial charge in [-0.1, -0.05) is 12.8 Å². The minimum Gasteiger partial charge on any atom is -0.487 e. The van der Waals surface area contributed by atoms with E-state index in [9.17, 15) is 14.7 Å². The average molecular weight is 452 g/mol. The Morgan fingerprint density at radius 2 is 2.03 bits per heavy atom. The van der Waals surface area contributed by atoms with Crippen molar-refractivity contribution in [1.29, 1.82) is 0 Å². The zero-order valence-electron chi connectivity index (χ0n) is 18.4. The molecule has 2 aliphatic heterocycles. The van der Waals surface area contributed by atoms with Gasteiger partial charge in [-0.3, -0.25) is 14.6 Å². The van der Waals surface area contributed by atoms with Gasteiger partial charge in [0.1, 0.15) is 18.0 Å². The molecule has 2 aromatic rings. The number of nitrogens with zero attached hydrogens (tertiary/aromatic N) is 1. The molecule has 4 atom stereocenters. The number of hydrogen-bond donors (Lipinski definition) is 3. The molecule has 2 fully saturated rings. The van der Waals surface area contributed by atoms with Crippen LogP contribution in [0.4, 0.5) is 5.69 Å². The normalized spacial score (nSPS) is 26.2. The van der Waals surface area contributed by atoms with E-state index in [-0.39, 0.29) is 49.0 Å². The highest BCUT2D eigenvalue weighted by Crippen LogP contribution is 2.47. The summed E-state index contributed by atoms with van der Waals surface area (Å²) < 4.78 is 12.2. The van der Waals surface area contributed by atoms with Crippen molar-refractivity contribution in [3.8, 4) is 5.75 Å². The molecular formula is C25H29N3O5. The number of aliphatic hydroxyl groups excluding tert-OH is 1. The fourth-order valence-corrected chi connectivity index (χ4v) is 5.23. The number of amides is 2. The molecule has 8 heteroatoms. The third-order valence-corrected chi connectivity index (χ3v) is 6.81. The van der Waals surface area contributed by atoms with Crippen LogP contribution in [0.5, 0.6) is 5.75 Å². The van der Waals surface area contributed by atoms with Crippen LogP contribution in [-0.4, -0.2) is 52.9 Å². The Morgan fingerprint density at radius 1 is 1.18 bits per heavy atom. The average Bonchev–Trinajstić information content (AvgIpc) is 3.46. The Morgan fingerprint density at radius 3 is 2.79 bits per heavy atom. The van der Waals surface area contributed by atoms with Gasteiger partial charge < -0.3 is 25.2 Å². The number of pyridine rings is 1. The lowest BCUT2D eigenvalue weighted by Crippen LogP contribution is -2.47. The first-order chi connectivity index (χ1) is 16.1. The minimum atomic E-state index is -0.506. The molecule has 5 rings (SSSR count). The molecule has 1 saturated carbocycles. The highest BCUT2D eigenvalue weighted by molar-refractivity contribution is 6.04. The second-order valence-corrected chi connectivity index (χ2v) is 9.11. The van der Waals surface area contributed by atoms with Gasteiger partial charge in [-0.25, -0.2) is 0 Å². The first kappa shape index (κ1) is 21.9. The maximum absolute atomic E-state index is 12.6. The fraction of sp³-hybridized carbons (Fsp3) is 0.480. The third kappa shape index (κ3) is 4.72. The Balaban J connectivity index is 1.29. The van der Waals surface area contributed by atoms with Crippen molar-refractivity contribution in [1.82, 2.24) is 10.3 Å². The van der Waals surface area contributed by atoms with Crippen LogP contribution in [0.25, 0.3) is 0 Å². The van der Waals surface area contributed by atoms with E-state index in [1.165, 1.54) is 6.20 Å². The number of rotatable bonds is 6. The van der Waals surface area contributed by atoms with Gasteiger partial charge in [0.05, 0.1) is 24.7 Å². The van der Waals surface area contributed by atoms with Crippen molar-refractivity contribution in [2.45, 2.75) is 68.8 Å². The maximum atomic E-state index is 12.6. The summed E-state index contributed by atoms with van der Waals surface area (Å²) in [5.41, 5.74) is 2.10. The molecule has 3 N–H and O–H groups in total. The van der Waals surface area contributed by atoms with Crippen LogP contribution >= 0.6 is 0 Å². The summed E-state index contributed by atoms with van der Waals surface area (Å²) in [6.07, 6.45) is 7.31. The number of carbonyl (C=O) groups excluding carboxylic acids is 2. The molecule has 8 nitrogen and oxygen atoms in total. The zero-order valence-corrected chi connectivity index (χ0v) is 18.4. The largest absolute Gasteiger partial charge is 0.487 e. The Labute approximate surface area is 192 Å².